The molecular weight excluding hydrogens is 294 g/mol. The summed E-state index contributed by atoms with van der Waals surface area (Å²) in [6.45, 7) is 2.02. The number of hydrogen-bond donors (Lipinski definition) is 1. The van der Waals surface area contributed by atoms with Crippen LogP contribution in [-0.2, 0) is 9.84 Å². The molecule has 20 heavy (non-hydrogen) atoms. The summed E-state index contributed by atoms with van der Waals surface area (Å²) >= 11 is 5.84. The highest BCUT2D eigenvalue weighted by Crippen LogP contribution is 2.22. The second-order valence-electron chi connectivity index (χ2n) is 4.71. The minimum atomic E-state index is -3.14. The highest BCUT2D eigenvalue weighted by Gasteiger charge is 2.09. The third-order valence-corrected chi connectivity index (χ3v) is 4.42. The number of sulfone groups is 1. The van der Waals surface area contributed by atoms with Gasteiger partial charge in [0.15, 0.2) is 9.84 Å². The molecule has 1 atom stereocenters. The summed E-state index contributed by atoms with van der Waals surface area (Å²) in [6.07, 6.45) is 1.21. The fourth-order valence-electron chi connectivity index (χ4n) is 1.88. The van der Waals surface area contributed by atoms with E-state index in [2.05, 4.69) is 5.32 Å². The van der Waals surface area contributed by atoms with Crippen LogP contribution in [0.2, 0.25) is 5.02 Å². The highest BCUT2D eigenvalue weighted by molar-refractivity contribution is 7.90. The van der Waals surface area contributed by atoms with Gasteiger partial charge in [0.05, 0.1) is 4.90 Å². The van der Waals surface area contributed by atoms with Crippen molar-refractivity contribution in [3.8, 4) is 0 Å². The van der Waals surface area contributed by atoms with E-state index in [4.69, 9.17) is 11.6 Å². The summed E-state index contributed by atoms with van der Waals surface area (Å²) in [5.74, 6) is 0. The van der Waals surface area contributed by atoms with E-state index in [9.17, 15) is 8.42 Å². The van der Waals surface area contributed by atoms with Crippen molar-refractivity contribution in [2.24, 2.45) is 0 Å². The summed E-state index contributed by atoms with van der Waals surface area (Å²) < 4.78 is 22.8. The molecule has 106 valence electrons. The third kappa shape index (κ3) is 3.74. The Balaban J connectivity index is 2.13. The maximum absolute atomic E-state index is 11.4. The molecule has 1 unspecified atom stereocenters. The van der Waals surface area contributed by atoms with E-state index in [0.717, 1.165) is 11.3 Å². The Labute approximate surface area is 124 Å². The standard InChI is InChI=1S/C15H16ClNO2S/c1-11(17-14-7-5-13(16)6-8-14)12-3-9-15(10-4-12)20(2,18)19/h3-11,17H,1-2H3. The third-order valence-electron chi connectivity index (χ3n) is 3.04. The van der Waals surface area contributed by atoms with E-state index in [1.807, 2.05) is 43.3 Å². The Hall–Kier alpha value is -1.52. The second-order valence-corrected chi connectivity index (χ2v) is 7.17. The van der Waals surface area contributed by atoms with Crippen LogP contribution in [0.3, 0.4) is 0 Å². The average Bonchev–Trinajstić information content (AvgIpc) is 2.40. The molecule has 0 fully saturated rings. The van der Waals surface area contributed by atoms with E-state index in [1.54, 1.807) is 12.1 Å². The van der Waals surface area contributed by atoms with Gasteiger partial charge in [0.2, 0.25) is 0 Å². The van der Waals surface area contributed by atoms with Gasteiger partial charge >= 0.3 is 0 Å². The molecule has 2 rings (SSSR count). The Morgan fingerprint density at radius 2 is 1.55 bits per heavy atom. The van der Waals surface area contributed by atoms with E-state index >= 15 is 0 Å². The number of nitrogens with one attached hydrogen (secondary N) is 1. The lowest BCUT2D eigenvalue weighted by Gasteiger charge is -2.16. The topological polar surface area (TPSA) is 46.2 Å². The van der Waals surface area contributed by atoms with Crippen LogP contribution in [0.15, 0.2) is 53.4 Å². The van der Waals surface area contributed by atoms with Crippen LogP contribution in [0.1, 0.15) is 18.5 Å². The van der Waals surface area contributed by atoms with Crippen molar-refractivity contribution >= 4 is 27.1 Å². The van der Waals surface area contributed by atoms with Crippen LogP contribution in [0.4, 0.5) is 5.69 Å². The molecule has 0 aliphatic carbocycles. The summed E-state index contributed by atoms with van der Waals surface area (Å²) in [5.41, 5.74) is 1.99. The zero-order valence-electron chi connectivity index (χ0n) is 11.3. The second kappa shape index (κ2) is 5.85. The van der Waals surface area contributed by atoms with E-state index < -0.39 is 9.84 Å². The molecule has 0 aromatic heterocycles. The molecule has 0 saturated carbocycles. The molecule has 0 bridgehead atoms. The van der Waals surface area contributed by atoms with Gasteiger partial charge in [-0.3, -0.25) is 0 Å². The number of rotatable bonds is 4. The van der Waals surface area contributed by atoms with Crippen LogP contribution in [0, 0.1) is 0 Å². The first-order chi connectivity index (χ1) is 9.36. The Morgan fingerprint density at radius 1 is 1.00 bits per heavy atom. The molecule has 0 heterocycles. The molecule has 3 nitrogen and oxygen atoms in total. The molecule has 0 radical (unpaired) electrons. The van der Waals surface area contributed by atoms with Crippen LogP contribution < -0.4 is 5.32 Å². The first-order valence-corrected chi connectivity index (χ1v) is 8.45. The number of halogens is 1. The normalized spacial score (nSPS) is 12.9. The molecule has 0 spiro atoms. The maximum atomic E-state index is 11.4. The average molecular weight is 310 g/mol. The van der Waals surface area contributed by atoms with E-state index in [-0.39, 0.29) is 6.04 Å². The molecular formula is C15H16ClNO2S. The number of anilines is 1. The van der Waals surface area contributed by atoms with Gasteiger partial charge in [-0.2, -0.15) is 0 Å². The van der Waals surface area contributed by atoms with Crippen molar-refractivity contribution in [2.45, 2.75) is 17.9 Å². The van der Waals surface area contributed by atoms with Crippen molar-refractivity contribution in [3.63, 3.8) is 0 Å². The monoisotopic (exact) mass is 309 g/mol. The van der Waals surface area contributed by atoms with Gasteiger partial charge in [-0.15, -0.1) is 0 Å². The van der Waals surface area contributed by atoms with Crippen LogP contribution in [0.5, 0.6) is 0 Å². The molecule has 2 aromatic carbocycles. The van der Waals surface area contributed by atoms with E-state index in [1.165, 1.54) is 6.26 Å². The lowest BCUT2D eigenvalue weighted by Crippen LogP contribution is -2.07. The zero-order chi connectivity index (χ0) is 14.8. The van der Waals surface area contributed by atoms with Crippen molar-refractivity contribution in [1.82, 2.24) is 0 Å². The fraction of sp³-hybridized carbons (Fsp3) is 0.200. The van der Waals surface area contributed by atoms with Gasteiger partial charge in [-0.25, -0.2) is 8.42 Å². The molecule has 0 saturated heterocycles. The number of benzene rings is 2. The summed E-state index contributed by atoms with van der Waals surface area (Å²) in [4.78, 5) is 0.333. The fourth-order valence-corrected chi connectivity index (χ4v) is 2.64. The Kier molecular flexibility index (Phi) is 4.35. The number of hydrogen-bond acceptors (Lipinski definition) is 3. The smallest absolute Gasteiger partial charge is 0.175 e. The van der Waals surface area contributed by atoms with Crippen molar-refractivity contribution in [1.29, 1.82) is 0 Å². The van der Waals surface area contributed by atoms with Gasteiger partial charge < -0.3 is 5.32 Å². The molecule has 0 aliphatic rings. The SMILES string of the molecule is CC(Nc1ccc(Cl)cc1)c1ccc(S(C)(=O)=O)cc1. The largest absolute Gasteiger partial charge is 0.379 e. The van der Waals surface area contributed by atoms with Gasteiger partial charge in [-0.1, -0.05) is 23.7 Å². The minimum Gasteiger partial charge on any atom is -0.379 e. The van der Waals surface area contributed by atoms with Crippen molar-refractivity contribution in [3.05, 3.63) is 59.1 Å². The molecule has 0 amide bonds. The van der Waals surface area contributed by atoms with Gasteiger partial charge in [0.1, 0.15) is 0 Å². The quantitative estimate of drug-likeness (QED) is 0.931. The predicted octanol–water partition coefficient (Wildman–Crippen LogP) is 3.92. The minimum absolute atomic E-state index is 0.0739. The zero-order valence-corrected chi connectivity index (χ0v) is 12.9. The molecule has 5 heteroatoms. The first-order valence-electron chi connectivity index (χ1n) is 6.18. The van der Waals surface area contributed by atoms with Crippen molar-refractivity contribution < 1.29 is 8.42 Å². The van der Waals surface area contributed by atoms with Crippen LogP contribution in [0.25, 0.3) is 0 Å². The van der Waals surface area contributed by atoms with Crippen molar-refractivity contribution in [2.75, 3.05) is 11.6 Å². The van der Waals surface area contributed by atoms with Crippen LogP contribution >= 0.6 is 11.6 Å². The van der Waals surface area contributed by atoms with Gasteiger partial charge in [-0.05, 0) is 48.9 Å². The summed E-state index contributed by atoms with van der Waals surface area (Å²) in [6, 6.07) is 14.4. The Morgan fingerprint density at radius 3 is 2.05 bits per heavy atom. The maximum Gasteiger partial charge on any atom is 0.175 e. The molecule has 1 N–H and O–H groups in total. The van der Waals surface area contributed by atoms with Crippen LogP contribution in [-0.4, -0.2) is 14.7 Å². The predicted molar refractivity (Wildman–Crippen MR) is 83.0 cm³/mol. The van der Waals surface area contributed by atoms with E-state index in [0.29, 0.717) is 9.92 Å². The summed E-state index contributed by atoms with van der Waals surface area (Å²) in [5, 5.41) is 4.03. The Bertz CT molecular complexity index is 679. The highest BCUT2D eigenvalue weighted by atomic mass is 35.5. The first kappa shape index (κ1) is 14.9. The summed E-state index contributed by atoms with van der Waals surface area (Å²) in [7, 11) is -3.14. The van der Waals surface area contributed by atoms with Gasteiger partial charge in [0, 0.05) is 23.0 Å². The lowest BCUT2D eigenvalue weighted by atomic mass is 10.1. The van der Waals surface area contributed by atoms with Gasteiger partial charge in [0.25, 0.3) is 0 Å². The lowest BCUT2D eigenvalue weighted by molar-refractivity contribution is 0.602. The molecule has 2 aromatic rings. The molecule has 0 aliphatic heterocycles.